The Kier molecular flexibility index (Phi) is 7.68. The van der Waals surface area contributed by atoms with Gasteiger partial charge in [-0.15, -0.1) is 24.0 Å². The monoisotopic (exact) mass is 459 g/mol. The van der Waals surface area contributed by atoms with E-state index in [2.05, 4.69) is 21.7 Å². The smallest absolute Gasteiger partial charge is 0.191 e. The van der Waals surface area contributed by atoms with Crippen LogP contribution in [0.15, 0.2) is 40.9 Å². The van der Waals surface area contributed by atoms with Crippen LogP contribution in [0, 0.1) is 5.82 Å². The maximum atomic E-state index is 14.1. The average Bonchev–Trinajstić information content (AvgIpc) is 3.40. The van der Waals surface area contributed by atoms with Gasteiger partial charge in [-0.05, 0) is 37.3 Å². The molecule has 0 aromatic heterocycles. The highest BCUT2D eigenvalue weighted by atomic mass is 127. The molecule has 0 unspecified atom stereocenters. The predicted octanol–water partition coefficient (Wildman–Crippen LogP) is 3.38. The maximum Gasteiger partial charge on any atom is 0.191 e. The third kappa shape index (κ3) is 5.41. The molecule has 0 atom stereocenters. The van der Waals surface area contributed by atoms with Crippen molar-refractivity contribution in [3.8, 4) is 0 Å². The number of nitrogens with one attached hydrogen (secondary N) is 2. The molecule has 1 aliphatic carbocycles. The van der Waals surface area contributed by atoms with Gasteiger partial charge in [-0.1, -0.05) is 29.8 Å². The molecule has 2 aliphatic rings. The van der Waals surface area contributed by atoms with Crippen molar-refractivity contribution in [2.45, 2.75) is 31.1 Å². The average molecular weight is 459 g/mol. The van der Waals surface area contributed by atoms with E-state index in [1.165, 1.54) is 5.57 Å². The van der Waals surface area contributed by atoms with Crippen molar-refractivity contribution in [3.05, 3.63) is 47.3 Å². The van der Waals surface area contributed by atoms with Crippen LogP contribution < -0.4 is 10.6 Å². The minimum atomic E-state index is -0.105. The molecule has 3 rings (SSSR count). The topological polar surface area (TPSA) is 45.7 Å². The van der Waals surface area contributed by atoms with E-state index in [4.69, 9.17) is 4.74 Å². The number of guanidine groups is 1. The number of halogens is 2. The summed E-state index contributed by atoms with van der Waals surface area (Å²) in [5, 5.41) is 6.71. The number of rotatable bonds is 6. The quantitative estimate of drug-likeness (QED) is 0.297. The molecule has 1 saturated carbocycles. The lowest BCUT2D eigenvalue weighted by Gasteiger charge is -2.20. The van der Waals surface area contributed by atoms with Crippen LogP contribution in [0.2, 0.25) is 0 Å². The van der Waals surface area contributed by atoms with Crippen LogP contribution in [0.5, 0.6) is 0 Å². The van der Waals surface area contributed by atoms with Crippen molar-refractivity contribution < 1.29 is 9.13 Å². The van der Waals surface area contributed by atoms with Gasteiger partial charge < -0.3 is 15.4 Å². The fourth-order valence-electron chi connectivity index (χ4n) is 3.19. The van der Waals surface area contributed by atoms with Gasteiger partial charge in [0.1, 0.15) is 5.82 Å². The van der Waals surface area contributed by atoms with Gasteiger partial charge >= 0.3 is 0 Å². The van der Waals surface area contributed by atoms with Gasteiger partial charge in [-0.2, -0.15) is 0 Å². The molecular weight excluding hydrogens is 432 g/mol. The first kappa shape index (κ1) is 20.2. The largest absolute Gasteiger partial charge is 0.377 e. The molecule has 2 N–H and O–H groups in total. The van der Waals surface area contributed by atoms with Crippen LogP contribution in [0.1, 0.15) is 31.2 Å². The molecule has 138 valence electrons. The summed E-state index contributed by atoms with van der Waals surface area (Å²) in [4.78, 5) is 4.27. The minimum absolute atomic E-state index is 0. The van der Waals surface area contributed by atoms with E-state index in [1.54, 1.807) is 19.2 Å². The Morgan fingerprint density at radius 2 is 2.08 bits per heavy atom. The lowest BCUT2D eigenvalue weighted by atomic mass is 9.95. The SMILES string of the molecule is CN=C(NCCC1=CCOCC1)NCC1(c2ccccc2F)CC1.I. The van der Waals surface area contributed by atoms with E-state index < -0.39 is 0 Å². The van der Waals surface area contributed by atoms with E-state index in [9.17, 15) is 4.39 Å². The van der Waals surface area contributed by atoms with Crippen molar-refractivity contribution in [2.75, 3.05) is 33.4 Å². The second-order valence-corrected chi connectivity index (χ2v) is 6.55. The first-order valence-electron chi connectivity index (χ1n) is 8.69. The normalized spacial score (nSPS) is 18.8. The molecule has 0 saturated heterocycles. The van der Waals surface area contributed by atoms with E-state index in [-0.39, 0.29) is 35.2 Å². The van der Waals surface area contributed by atoms with Crippen LogP contribution in [-0.4, -0.2) is 39.3 Å². The second-order valence-electron chi connectivity index (χ2n) is 6.55. The van der Waals surface area contributed by atoms with Gasteiger partial charge in [-0.3, -0.25) is 4.99 Å². The molecule has 1 fully saturated rings. The van der Waals surface area contributed by atoms with Crippen LogP contribution >= 0.6 is 24.0 Å². The lowest BCUT2D eigenvalue weighted by Crippen LogP contribution is -2.41. The second kappa shape index (κ2) is 9.52. The molecule has 1 aromatic carbocycles. The minimum Gasteiger partial charge on any atom is -0.377 e. The zero-order valence-electron chi connectivity index (χ0n) is 14.7. The molecule has 0 spiro atoms. The third-order valence-electron chi connectivity index (χ3n) is 4.91. The molecule has 25 heavy (non-hydrogen) atoms. The Labute approximate surface area is 166 Å². The van der Waals surface area contributed by atoms with Gasteiger partial charge in [0.2, 0.25) is 0 Å². The Hall–Kier alpha value is -1.15. The van der Waals surface area contributed by atoms with E-state index >= 15 is 0 Å². The van der Waals surface area contributed by atoms with Crippen molar-refractivity contribution in [3.63, 3.8) is 0 Å². The van der Waals surface area contributed by atoms with Crippen molar-refractivity contribution in [1.29, 1.82) is 0 Å². The first-order valence-corrected chi connectivity index (χ1v) is 8.69. The zero-order valence-corrected chi connectivity index (χ0v) is 17.0. The van der Waals surface area contributed by atoms with Gasteiger partial charge in [0.05, 0.1) is 13.2 Å². The maximum absolute atomic E-state index is 14.1. The Balaban J connectivity index is 0.00000225. The Morgan fingerprint density at radius 1 is 1.28 bits per heavy atom. The van der Waals surface area contributed by atoms with E-state index in [1.807, 2.05) is 12.1 Å². The molecule has 4 nitrogen and oxygen atoms in total. The van der Waals surface area contributed by atoms with E-state index in [0.29, 0.717) is 6.54 Å². The van der Waals surface area contributed by atoms with Crippen LogP contribution in [-0.2, 0) is 10.2 Å². The summed E-state index contributed by atoms with van der Waals surface area (Å²) >= 11 is 0. The predicted molar refractivity (Wildman–Crippen MR) is 110 cm³/mol. The highest BCUT2D eigenvalue weighted by Gasteiger charge is 2.45. The van der Waals surface area contributed by atoms with Crippen molar-refractivity contribution in [2.24, 2.45) is 4.99 Å². The summed E-state index contributed by atoms with van der Waals surface area (Å²) in [5.74, 6) is 0.677. The van der Waals surface area contributed by atoms with Crippen molar-refractivity contribution >= 4 is 29.9 Å². The Bertz CT molecular complexity index is 629. The highest BCUT2D eigenvalue weighted by molar-refractivity contribution is 14.0. The summed E-state index contributed by atoms with van der Waals surface area (Å²) in [6, 6.07) is 7.10. The summed E-state index contributed by atoms with van der Waals surface area (Å²) in [7, 11) is 1.77. The van der Waals surface area contributed by atoms with Gasteiger partial charge in [-0.25, -0.2) is 4.39 Å². The van der Waals surface area contributed by atoms with Gasteiger partial charge in [0.25, 0.3) is 0 Å². The summed E-state index contributed by atoms with van der Waals surface area (Å²) < 4.78 is 19.4. The summed E-state index contributed by atoms with van der Waals surface area (Å²) in [6.45, 7) is 3.11. The first-order chi connectivity index (χ1) is 11.7. The standard InChI is InChI=1S/C19H26FN3O.HI/c1-21-18(22-11-6-15-7-12-24-13-8-15)23-14-19(9-10-19)16-4-2-3-5-17(16)20;/h2-5,7H,6,8-14H2,1H3,(H2,21,22,23);1H. The lowest BCUT2D eigenvalue weighted by molar-refractivity contribution is 0.153. The summed E-state index contributed by atoms with van der Waals surface area (Å²) in [5.41, 5.74) is 2.18. The molecule has 0 bridgehead atoms. The Morgan fingerprint density at radius 3 is 2.72 bits per heavy atom. The number of hydrogen-bond acceptors (Lipinski definition) is 2. The molecule has 0 radical (unpaired) electrons. The third-order valence-corrected chi connectivity index (χ3v) is 4.91. The van der Waals surface area contributed by atoms with Gasteiger partial charge in [0.15, 0.2) is 5.96 Å². The number of benzene rings is 1. The number of aliphatic imine (C=N–C) groups is 1. The molecule has 6 heteroatoms. The highest BCUT2D eigenvalue weighted by Crippen LogP contribution is 2.48. The van der Waals surface area contributed by atoms with Gasteiger partial charge in [0, 0.05) is 25.6 Å². The molecule has 1 heterocycles. The van der Waals surface area contributed by atoms with E-state index in [0.717, 1.165) is 57.0 Å². The van der Waals surface area contributed by atoms with Crippen LogP contribution in [0.3, 0.4) is 0 Å². The molecular formula is C19H27FIN3O. The number of nitrogens with zero attached hydrogens (tertiary/aromatic N) is 1. The van der Waals surface area contributed by atoms with Crippen LogP contribution in [0.25, 0.3) is 0 Å². The number of hydrogen-bond donors (Lipinski definition) is 2. The van der Waals surface area contributed by atoms with Crippen molar-refractivity contribution in [1.82, 2.24) is 10.6 Å². The zero-order chi connectivity index (χ0) is 16.8. The molecule has 1 aromatic rings. The molecule has 1 aliphatic heterocycles. The number of ether oxygens (including phenoxy) is 1. The van der Waals surface area contributed by atoms with Crippen LogP contribution in [0.4, 0.5) is 4.39 Å². The fraction of sp³-hybridized carbons (Fsp3) is 0.526. The fourth-order valence-corrected chi connectivity index (χ4v) is 3.19. The molecule has 0 amide bonds. The summed E-state index contributed by atoms with van der Waals surface area (Å²) in [6.07, 6.45) is 6.22.